The van der Waals surface area contributed by atoms with Gasteiger partial charge in [-0.1, -0.05) is 0 Å². The Labute approximate surface area is 61.7 Å². The molecule has 0 spiro atoms. The SMILES string of the molecule is Cl[SiH2]CC[SiH](Cl)Cl. The molecule has 0 radical (unpaired) electrons. The van der Waals surface area contributed by atoms with Gasteiger partial charge in [-0.3, -0.25) is 0 Å². The molecular formula is C2H7Cl3Si2. The lowest BCUT2D eigenvalue weighted by molar-refractivity contribution is 1.44. The molecule has 5 heteroatoms. The summed E-state index contributed by atoms with van der Waals surface area (Å²) in [5, 5.41) is 0. The first-order chi connectivity index (χ1) is 3.27. The Bertz CT molecular complexity index is 39.9. The predicted octanol–water partition coefficient (Wildman–Crippen LogP) is 1.43. The molecule has 0 nitrogen and oxygen atoms in total. The van der Waals surface area contributed by atoms with Crippen molar-refractivity contribution in [1.82, 2.24) is 0 Å². The van der Waals surface area contributed by atoms with E-state index in [-0.39, 0.29) is 8.83 Å². The summed E-state index contributed by atoms with van der Waals surface area (Å²) in [7, 11) is -1.58. The highest BCUT2D eigenvalue weighted by Gasteiger charge is 1.98. The number of hydrogen-bond acceptors (Lipinski definition) is 0. The van der Waals surface area contributed by atoms with Crippen molar-refractivity contribution in [2.24, 2.45) is 0 Å². The van der Waals surface area contributed by atoms with E-state index in [2.05, 4.69) is 0 Å². The van der Waals surface area contributed by atoms with Crippen LogP contribution in [0.3, 0.4) is 0 Å². The van der Waals surface area contributed by atoms with Crippen molar-refractivity contribution in [1.29, 1.82) is 0 Å². The Morgan fingerprint density at radius 3 is 2.14 bits per heavy atom. The highest BCUT2D eigenvalue weighted by Crippen LogP contribution is 2.06. The van der Waals surface area contributed by atoms with Crippen molar-refractivity contribution in [3.8, 4) is 0 Å². The molecule has 0 saturated carbocycles. The van der Waals surface area contributed by atoms with Crippen LogP contribution in [0, 0.1) is 0 Å². The van der Waals surface area contributed by atoms with Crippen molar-refractivity contribution < 1.29 is 0 Å². The van der Waals surface area contributed by atoms with Gasteiger partial charge in [0, 0.05) is 0 Å². The standard InChI is InChI=1S/C2H7Cl3Si2/c3-6-1-2-7(4)5/h7H,1-2,6H2. The molecule has 0 unspecified atom stereocenters. The second-order valence-electron chi connectivity index (χ2n) is 1.22. The van der Waals surface area contributed by atoms with E-state index in [0.717, 1.165) is 12.1 Å². The third-order valence-corrected chi connectivity index (χ3v) is 5.00. The molecule has 0 bridgehead atoms. The van der Waals surface area contributed by atoms with Gasteiger partial charge in [-0.15, -0.1) is 0 Å². The fourth-order valence-corrected chi connectivity index (χ4v) is 6.25. The van der Waals surface area contributed by atoms with Gasteiger partial charge in [0.1, 0.15) is 8.83 Å². The topological polar surface area (TPSA) is 0 Å². The molecule has 0 aliphatic carbocycles. The number of halogens is 3. The van der Waals surface area contributed by atoms with Gasteiger partial charge < -0.3 is 0 Å². The largest absolute Gasteiger partial charge is 0.236 e. The summed E-state index contributed by atoms with van der Waals surface area (Å²) in [4.78, 5) is 0. The monoisotopic (exact) mass is 192 g/mol. The molecule has 0 atom stereocenters. The lowest BCUT2D eigenvalue weighted by Crippen LogP contribution is -1.91. The van der Waals surface area contributed by atoms with E-state index < -0.39 is 7.42 Å². The summed E-state index contributed by atoms with van der Waals surface area (Å²) in [6.07, 6.45) is 0. The van der Waals surface area contributed by atoms with Crippen LogP contribution in [0.2, 0.25) is 12.1 Å². The van der Waals surface area contributed by atoms with Crippen molar-refractivity contribution in [3.63, 3.8) is 0 Å². The molecule has 0 rings (SSSR count). The van der Waals surface area contributed by atoms with E-state index in [9.17, 15) is 0 Å². The zero-order valence-corrected chi connectivity index (χ0v) is 8.67. The highest BCUT2D eigenvalue weighted by atomic mass is 35.7. The summed E-state index contributed by atoms with van der Waals surface area (Å²) in [6.45, 7) is 0. The summed E-state index contributed by atoms with van der Waals surface area (Å²) in [5.41, 5.74) is 0. The maximum Gasteiger partial charge on any atom is 0.236 e. The van der Waals surface area contributed by atoms with Crippen molar-refractivity contribution in [2.75, 3.05) is 0 Å². The van der Waals surface area contributed by atoms with Gasteiger partial charge in [0.05, 0.1) is 0 Å². The van der Waals surface area contributed by atoms with Gasteiger partial charge in [-0.05, 0) is 12.1 Å². The number of rotatable bonds is 3. The third-order valence-electron chi connectivity index (χ3n) is 0.556. The van der Waals surface area contributed by atoms with Gasteiger partial charge >= 0.3 is 0 Å². The van der Waals surface area contributed by atoms with Crippen LogP contribution in [-0.4, -0.2) is 16.2 Å². The predicted molar refractivity (Wildman–Crippen MR) is 42.9 cm³/mol. The number of hydrogen-bond donors (Lipinski definition) is 0. The summed E-state index contributed by atoms with van der Waals surface area (Å²) in [6, 6.07) is 2.10. The summed E-state index contributed by atoms with van der Waals surface area (Å²) in [5.74, 6) is 0. The van der Waals surface area contributed by atoms with E-state index in [4.69, 9.17) is 33.2 Å². The maximum atomic E-state index is 5.52. The molecule has 0 saturated heterocycles. The van der Waals surface area contributed by atoms with E-state index >= 15 is 0 Å². The normalized spacial score (nSPS) is 12.0. The zero-order valence-electron chi connectivity index (χ0n) is 3.83. The van der Waals surface area contributed by atoms with Gasteiger partial charge in [0.2, 0.25) is 7.42 Å². The van der Waals surface area contributed by atoms with Gasteiger partial charge in [-0.25, -0.2) is 0 Å². The lowest BCUT2D eigenvalue weighted by atomic mass is 11.0. The minimum absolute atomic E-state index is 0.291. The smallest absolute Gasteiger partial charge is 0.176 e. The van der Waals surface area contributed by atoms with Gasteiger partial charge in [-0.2, -0.15) is 33.2 Å². The first-order valence-electron chi connectivity index (χ1n) is 2.11. The molecule has 0 fully saturated rings. The molecule has 0 aromatic rings. The Balaban J connectivity index is 2.68. The molecule has 0 aliphatic heterocycles. The average molecular weight is 194 g/mol. The first-order valence-corrected chi connectivity index (χ1v) is 9.56. The zero-order chi connectivity index (χ0) is 5.70. The Hall–Kier alpha value is 1.30. The summed E-state index contributed by atoms with van der Waals surface area (Å²) < 4.78 is 0. The van der Waals surface area contributed by atoms with Crippen LogP contribution >= 0.6 is 33.2 Å². The van der Waals surface area contributed by atoms with Crippen LogP contribution < -0.4 is 0 Å². The van der Waals surface area contributed by atoms with E-state index in [0.29, 0.717) is 0 Å². The van der Waals surface area contributed by atoms with Crippen LogP contribution in [-0.2, 0) is 0 Å². The van der Waals surface area contributed by atoms with Crippen LogP contribution in [0.25, 0.3) is 0 Å². The quantitative estimate of drug-likeness (QED) is 0.470. The fourth-order valence-electron chi connectivity index (χ4n) is 0.231. The van der Waals surface area contributed by atoms with E-state index in [1.165, 1.54) is 0 Å². The van der Waals surface area contributed by atoms with Crippen molar-refractivity contribution in [2.45, 2.75) is 12.1 Å². The first kappa shape index (κ1) is 8.30. The second-order valence-corrected chi connectivity index (χ2v) is 8.63. The molecule has 7 heavy (non-hydrogen) atoms. The second kappa shape index (κ2) is 5.44. The third kappa shape index (κ3) is 7.30. The molecule has 44 valence electrons. The average Bonchev–Trinajstić information content (AvgIpc) is 1.61. The molecule has 0 aromatic carbocycles. The minimum Gasteiger partial charge on any atom is -0.176 e. The van der Waals surface area contributed by atoms with Crippen LogP contribution in [0.5, 0.6) is 0 Å². The van der Waals surface area contributed by atoms with Gasteiger partial charge in [0.15, 0.2) is 0 Å². The molecule has 0 heterocycles. The van der Waals surface area contributed by atoms with Crippen LogP contribution in [0.1, 0.15) is 0 Å². The molecule has 0 N–H and O–H groups in total. The van der Waals surface area contributed by atoms with Crippen LogP contribution in [0.4, 0.5) is 0 Å². The Morgan fingerprint density at radius 1 is 1.43 bits per heavy atom. The summed E-state index contributed by atoms with van der Waals surface area (Å²) >= 11 is 16.5. The van der Waals surface area contributed by atoms with Gasteiger partial charge in [0.25, 0.3) is 0 Å². The molecule has 0 aromatic heterocycles. The van der Waals surface area contributed by atoms with E-state index in [1.54, 1.807) is 0 Å². The molecule has 0 amide bonds. The van der Waals surface area contributed by atoms with Crippen molar-refractivity contribution in [3.05, 3.63) is 0 Å². The minimum atomic E-state index is -1.29. The Morgan fingerprint density at radius 2 is 2.00 bits per heavy atom. The lowest BCUT2D eigenvalue weighted by Gasteiger charge is -1.90. The van der Waals surface area contributed by atoms with Crippen molar-refractivity contribution >= 4 is 49.5 Å². The molecular weight excluding hydrogens is 187 g/mol. The van der Waals surface area contributed by atoms with E-state index in [1.807, 2.05) is 0 Å². The maximum absolute atomic E-state index is 5.52. The molecule has 0 aliphatic rings. The Kier molecular flexibility index (Phi) is 6.45. The van der Waals surface area contributed by atoms with Crippen LogP contribution in [0.15, 0.2) is 0 Å². The fraction of sp³-hybridized carbons (Fsp3) is 1.00. The highest BCUT2D eigenvalue weighted by molar-refractivity contribution is 7.34.